The third-order valence-electron chi connectivity index (χ3n) is 3.62. The maximum atomic E-state index is 13.2. The lowest BCUT2D eigenvalue weighted by molar-refractivity contribution is -0.122. The molecular formula is C19H18F2N2O3. The Morgan fingerprint density at radius 2 is 1.96 bits per heavy atom. The number of ether oxygens (including phenoxy) is 2. The molecule has 2 aromatic rings. The van der Waals surface area contributed by atoms with Crippen LogP contribution in [0, 0.1) is 23.0 Å². The SMILES string of the molecule is COc1ccccc1CC(=O)NC(C)(C#N)COc1ccc(F)c(F)c1. The van der Waals surface area contributed by atoms with Gasteiger partial charge in [-0.1, -0.05) is 18.2 Å². The van der Waals surface area contributed by atoms with Crippen molar-refractivity contribution in [1.82, 2.24) is 5.32 Å². The van der Waals surface area contributed by atoms with Crippen molar-refractivity contribution in [3.8, 4) is 17.6 Å². The van der Waals surface area contributed by atoms with E-state index in [0.29, 0.717) is 11.3 Å². The molecule has 0 aliphatic rings. The Balaban J connectivity index is 2.01. The first-order chi connectivity index (χ1) is 12.4. The molecule has 136 valence electrons. The van der Waals surface area contributed by atoms with Crippen LogP contribution in [0.4, 0.5) is 8.78 Å². The molecule has 1 atom stereocenters. The van der Waals surface area contributed by atoms with E-state index in [1.54, 1.807) is 24.3 Å². The lowest BCUT2D eigenvalue weighted by Crippen LogP contribution is -2.49. The van der Waals surface area contributed by atoms with Gasteiger partial charge in [0.1, 0.15) is 18.1 Å². The topological polar surface area (TPSA) is 71.3 Å². The highest BCUT2D eigenvalue weighted by Gasteiger charge is 2.28. The molecule has 2 aromatic carbocycles. The van der Waals surface area contributed by atoms with Crippen LogP contribution in [0.5, 0.6) is 11.5 Å². The predicted octanol–water partition coefficient (Wildman–Crippen LogP) is 2.99. The van der Waals surface area contributed by atoms with E-state index >= 15 is 0 Å². The Labute approximate surface area is 150 Å². The number of rotatable bonds is 7. The summed E-state index contributed by atoms with van der Waals surface area (Å²) in [6.45, 7) is 1.25. The Kier molecular flexibility index (Phi) is 6.12. The summed E-state index contributed by atoms with van der Waals surface area (Å²) in [5, 5.41) is 12.0. The van der Waals surface area contributed by atoms with Gasteiger partial charge in [-0.3, -0.25) is 4.79 Å². The van der Waals surface area contributed by atoms with Gasteiger partial charge in [0, 0.05) is 11.6 Å². The fourth-order valence-corrected chi connectivity index (χ4v) is 2.26. The Morgan fingerprint density at radius 3 is 2.62 bits per heavy atom. The average molecular weight is 360 g/mol. The molecule has 0 saturated heterocycles. The lowest BCUT2D eigenvalue weighted by atomic mass is 10.0. The van der Waals surface area contributed by atoms with E-state index in [-0.39, 0.29) is 18.8 Å². The second-order valence-corrected chi connectivity index (χ2v) is 5.85. The van der Waals surface area contributed by atoms with Crippen molar-refractivity contribution < 1.29 is 23.0 Å². The first-order valence-electron chi connectivity index (χ1n) is 7.79. The predicted molar refractivity (Wildman–Crippen MR) is 90.7 cm³/mol. The highest BCUT2D eigenvalue weighted by atomic mass is 19.2. The minimum Gasteiger partial charge on any atom is -0.496 e. The zero-order valence-corrected chi connectivity index (χ0v) is 14.4. The van der Waals surface area contributed by atoms with Gasteiger partial charge >= 0.3 is 0 Å². The van der Waals surface area contributed by atoms with Gasteiger partial charge in [-0.05, 0) is 25.1 Å². The zero-order chi connectivity index (χ0) is 19.2. The molecule has 0 bridgehead atoms. The standard InChI is InChI=1S/C19H18F2N2O3/c1-19(11-22,12-26-14-7-8-15(20)16(21)10-14)23-18(24)9-13-5-3-4-6-17(13)25-2/h3-8,10H,9,12H2,1-2H3,(H,23,24). The number of nitrogens with one attached hydrogen (secondary N) is 1. The smallest absolute Gasteiger partial charge is 0.225 e. The zero-order valence-electron chi connectivity index (χ0n) is 14.4. The summed E-state index contributed by atoms with van der Waals surface area (Å²) >= 11 is 0. The number of nitrogens with zero attached hydrogens (tertiary/aromatic N) is 1. The molecule has 1 amide bonds. The van der Waals surface area contributed by atoms with E-state index in [0.717, 1.165) is 12.1 Å². The van der Waals surface area contributed by atoms with Crippen molar-refractivity contribution in [3.05, 3.63) is 59.7 Å². The molecule has 0 spiro atoms. The highest BCUT2D eigenvalue weighted by molar-refractivity contribution is 5.80. The summed E-state index contributed by atoms with van der Waals surface area (Å²) in [4.78, 5) is 12.3. The molecule has 5 nitrogen and oxygen atoms in total. The summed E-state index contributed by atoms with van der Waals surface area (Å²) in [6, 6.07) is 12.1. The largest absolute Gasteiger partial charge is 0.496 e. The van der Waals surface area contributed by atoms with Crippen LogP contribution in [-0.4, -0.2) is 25.2 Å². The van der Waals surface area contributed by atoms with E-state index in [1.807, 2.05) is 6.07 Å². The summed E-state index contributed by atoms with van der Waals surface area (Å²) < 4.78 is 36.7. The van der Waals surface area contributed by atoms with Gasteiger partial charge in [-0.2, -0.15) is 5.26 Å². The third-order valence-corrected chi connectivity index (χ3v) is 3.62. The quantitative estimate of drug-likeness (QED) is 0.824. The molecule has 0 radical (unpaired) electrons. The number of methoxy groups -OCH3 is 1. The van der Waals surface area contributed by atoms with Crippen LogP contribution in [0.1, 0.15) is 12.5 Å². The fraction of sp³-hybridized carbons (Fsp3) is 0.263. The number of hydrogen-bond donors (Lipinski definition) is 1. The van der Waals surface area contributed by atoms with Crippen molar-refractivity contribution in [2.45, 2.75) is 18.9 Å². The minimum absolute atomic E-state index is 0.0203. The molecular weight excluding hydrogens is 342 g/mol. The molecule has 2 rings (SSSR count). The normalized spacial score (nSPS) is 12.6. The summed E-state index contributed by atoms with van der Waals surface area (Å²) in [5.41, 5.74) is -0.668. The number of carbonyl (C=O) groups excluding carboxylic acids is 1. The van der Waals surface area contributed by atoms with Gasteiger partial charge in [0.25, 0.3) is 0 Å². The van der Waals surface area contributed by atoms with Crippen molar-refractivity contribution in [3.63, 3.8) is 0 Å². The summed E-state index contributed by atoms with van der Waals surface area (Å²) in [6.07, 6.45) is 0.0203. The van der Waals surface area contributed by atoms with Crippen LogP contribution < -0.4 is 14.8 Å². The monoisotopic (exact) mass is 360 g/mol. The number of para-hydroxylation sites is 1. The summed E-state index contributed by atoms with van der Waals surface area (Å²) in [7, 11) is 1.51. The number of amides is 1. The Morgan fingerprint density at radius 1 is 1.23 bits per heavy atom. The van der Waals surface area contributed by atoms with Gasteiger partial charge in [-0.25, -0.2) is 8.78 Å². The van der Waals surface area contributed by atoms with E-state index in [9.17, 15) is 18.8 Å². The molecule has 0 aliphatic carbocycles. The van der Waals surface area contributed by atoms with Gasteiger partial charge in [0.2, 0.25) is 5.91 Å². The number of hydrogen-bond acceptors (Lipinski definition) is 4. The van der Waals surface area contributed by atoms with Crippen LogP contribution in [0.15, 0.2) is 42.5 Å². The lowest BCUT2D eigenvalue weighted by Gasteiger charge is -2.23. The molecule has 26 heavy (non-hydrogen) atoms. The van der Waals surface area contributed by atoms with E-state index in [2.05, 4.69) is 5.32 Å². The van der Waals surface area contributed by atoms with E-state index in [4.69, 9.17) is 9.47 Å². The van der Waals surface area contributed by atoms with Crippen molar-refractivity contribution in [2.75, 3.05) is 13.7 Å². The van der Waals surface area contributed by atoms with Crippen LogP contribution in [-0.2, 0) is 11.2 Å². The molecule has 1 N–H and O–H groups in total. The van der Waals surface area contributed by atoms with Gasteiger partial charge in [-0.15, -0.1) is 0 Å². The van der Waals surface area contributed by atoms with Crippen LogP contribution in [0.25, 0.3) is 0 Å². The Hall–Kier alpha value is -3.14. The van der Waals surface area contributed by atoms with E-state index in [1.165, 1.54) is 20.1 Å². The highest BCUT2D eigenvalue weighted by Crippen LogP contribution is 2.19. The molecule has 0 saturated carbocycles. The first kappa shape index (κ1) is 19.2. The van der Waals surface area contributed by atoms with Gasteiger partial charge < -0.3 is 14.8 Å². The summed E-state index contributed by atoms with van der Waals surface area (Å²) in [5.74, 6) is -1.82. The molecule has 0 fully saturated rings. The average Bonchev–Trinajstić information content (AvgIpc) is 2.63. The molecule has 7 heteroatoms. The van der Waals surface area contributed by atoms with Gasteiger partial charge in [0.15, 0.2) is 17.2 Å². The molecule has 0 aromatic heterocycles. The fourth-order valence-electron chi connectivity index (χ4n) is 2.26. The maximum absolute atomic E-state index is 13.2. The van der Waals surface area contributed by atoms with Crippen molar-refractivity contribution in [1.29, 1.82) is 5.26 Å². The maximum Gasteiger partial charge on any atom is 0.225 e. The number of carbonyl (C=O) groups is 1. The number of benzene rings is 2. The van der Waals surface area contributed by atoms with Crippen molar-refractivity contribution >= 4 is 5.91 Å². The Bertz CT molecular complexity index is 836. The number of halogens is 2. The molecule has 1 unspecified atom stereocenters. The number of nitriles is 1. The molecule has 0 heterocycles. The van der Waals surface area contributed by atoms with Crippen LogP contribution >= 0.6 is 0 Å². The van der Waals surface area contributed by atoms with Gasteiger partial charge in [0.05, 0.1) is 19.6 Å². The van der Waals surface area contributed by atoms with Crippen LogP contribution in [0.2, 0.25) is 0 Å². The first-order valence-corrected chi connectivity index (χ1v) is 7.79. The second kappa shape index (κ2) is 8.30. The minimum atomic E-state index is -1.34. The third kappa shape index (κ3) is 4.93. The second-order valence-electron chi connectivity index (χ2n) is 5.85. The van der Waals surface area contributed by atoms with E-state index < -0.39 is 23.1 Å². The van der Waals surface area contributed by atoms with Crippen LogP contribution in [0.3, 0.4) is 0 Å². The van der Waals surface area contributed by atoms with Crippen molar-refractivity contribution in [2.24, 2.45) is 0 Å². The molecule has 0 aliphatic heterocycles.